The third-order valence-corrected chi connectivity index (χ3v) is 3.74. The normalized spacial score (nSPS) is 14.5. The summed E-state index contributed by atoms with van der Waals surface area (Å²) in [5.74, 6) is -0.275. The molecule has 1 aromatic rings. The summed E-state index contributed by atoms with van der Waals surface area (Å²) < 4.78 is 4.87. The molecule has 0 radical (unpaired) electrons. The summed E-state index contributed by atoms with van der Waals surface area (Å²) in [6.45, 7) is 3.05. The Morgan fingerprint density at radius 2 is 1.74 bits per heavy atom. The molecule has 1 fully saturated rings. The van der Waals surface area contributed by atoms with E-state index in [0.29, 0.717) is 50.5 Å². The third-order valence-electron chi connectivity index (χ3n) is 3.74. The molecule has 2 rings (SSSR count). The van der Waals surface area contributed by atoms with Crippen LogP contribution in [0.3, 0.4) is 0 Å². The molecule has 0 aromatic heterocycles. The number of rotatable bonds is 6. The van der Waals surface area contributed by atoms with E-state index in [1.165, 1.54) is 0 Å². The molecule has 1 aliphatic rings. The van der Waals surface area contributed by atoms with Crippen LogP contribution in [0.5, 0.6) is 0 Å². The van der Waals surface area contributed by atoms with Gasteiger partial charge in [-0.15, -0.1) is 0 Å². The molecular formula is C16H21N3O4. The van der Waals surface area contributed by atoms with E-state index < -0.39 is 0 Å². The monoisotopic (exact) mass is 319 g/mol. The number of nitrogens with zero attached hydrogens (tertiary/aromatic N) is 2. The average Bonchev–Trinajstić information content (AvgIpc) is 2.61. The van der Waals surface area contributed by atoms with Gasteiger partial charge < -0.3 is 19.9 Å². The van der Waals surface area contributed by atoms with E-state index in [1.807, 2.05) is 0 Å². The number of benzene rings is 1. The van der Waals surface area contributed by atoms with Crippen LogP contribution in [0.2, 0.25) is 0 Å². The van der Waals surface area contributed by atoms with Crippen LogP contribution in [0.25, 0.3) is 0 Å². The van der Waals surface area contributed by atoms with E-state index in [4.69, 9.17) is 4.74 Å². The van der Waals surface area contributed by atoms with Gasteiger partial charge in [0.05, 0.1) is 6.61 Å². The van der Waals surface area contributed by atoms with Crippen molar-refractivity contribution in [1.82, 2.24) is 15.1 Å². The predicted octanol–water partition coefficient (Wildman–Crippen LogP) is -0.0230. The molecule has 0 unspecified atom stereocenters. The zero-order chi connectivity index (χ0) is 16.7. The fourth-order valence-corrected chi connectivity index (χ4v) is 2.35. The topological polar surface area (TPSA) is 79.0 Å². The second-order valence-electron chi connectivity index (χ2n) is 5.26. The number of carbonyl (C=O) groups excluding carboxylic acids is 3. The smallest absolute Gasteiger partial charge is 0.253 e. The van der Waals surface area contributed by atoms with Gasteiger partial charge in [0.25, 0.3) is 11.8 Å². The minimum absolute atomic E-state index is 0.0816. The maximum atomic E-state index is 12.4. The Hall–Kier alpha value is -2.41. The van der Waals surface area contributed by atoms with Gasteiger partial charge in [0.2, 0.25) is 6.41 Å². The standard InChI is InChI=1S/C16H21N3O4/c1-23-11-6-17-15(21)13-2-4-14(5-3-13)16(22)19-9-7-18(12-20)8-10-19/h2-5,12H,6-11H2,1H3,(H,17,21). The molecular weight excluding hydrogens is 298 g/mol. The number of ether oxygens (including phenoxy) is 1. The van der Waals surface area contributed by atoms with Crippen molar-refractivity contribution >= 4 is 18.2 Å². The molecule has 7 nitrogen and oxygen atoms in total. The molecule has 0 aliphatic carbocycles. The molecule has 0 saturated carbocycles. The highest BCUT2D eigenvalue weighted by atomic mass is 16.5. The summed E-state index contributed by atoms with van der Waals surface area (Å²) in [5, 5.41) is 2.73. The molecule has 1 heterocycles. The summed E-state index contributed by atoms with van der Waals surface area (Å²) >= 11 is 0. The summed E-state index contributed by atoms with van der Waals surface area (Å²) in [7, 11) is 1.57. The summed E-state index contributed by atoms with van der Waals surface area (Å²) in [5.41, 5.74) is 1.04. The lowest BCUT2D eigenvalue weighted by Crippen LogP contribution is -2.48. The molecule has 23 heavy (non-hydrogen) atoms. The van der Waals surface area contributed by atoms with Crippen molar-refractivity contribution in [3.63, 3.8) is 0 Å². The van der Waals surface area contributed by atoms with Crippen LogP contribution < -0.4 is 5.32 Å². The van der Waals surface area contributed by atoms with Gasteiger partial charge in [0.15, 0.2) is 0 Å². The van der Waals surface area contributed by atoms with Gasteiger partial charge in [-0.3, -0.25) is 14.4 Å². The first-order chi connectivity index (χ1) is 11.2. The number of carbonyl (C=O) groups is 3. The van der Waals surface area contributed by atoms with Crippen LogP contribution in [0, 0.1) is 0 Å². The SMILES string of the molecule is COCCNC(=O)c1ccc(C(=O)N2CCN(C=O)CC2)cc1. The third kappa shape index (κ3) is 4.53. The summed E-state index contributed by atoms with van der Waals surface area (Å²) in [6, 6.07) is 6.58. The summed E-state index contributed by atoms with van der Waals surface area (Å²) in [6.07, 6.45) is 0.804. The number of methoxy groups -OCH3 is 1. The molecule has 0 bridgehead atoms. The highest BCUT2D eigenvalue weighted by Gasteiger charge is 2.21. The minimum atomic E-state index is -0.194. The quantitative estimate of drug-likeness (QED) is 0.590. The van der Waals surface area contributed by atoms with Crippen molar-refractivity contribution in [2.45, 2.75) is 0 Å². The van der Waals surface area contributed by atoms with Gasteiger partial charge in [-0.05, 0) is 24.3 Å². The van der Waals surface area contributed by atoms with Crippen molar-refractivity contribution in [1.29, 1.82) is 0 Å². The lowest BCUT2D eigenvalue weighted by molar-refractivity contribution is -0.119. The van der Waals surface area contributed by atoms with E-state index in [2.05, 4.69) is 5.32 Å². The second kappa shape index (κ2) is 8.28. The van der Waals surface area contributed by atoms with Crippen molar-refractivity contribution in [2.75, 3.05) is 46.4 Å². The number of hydrogen-bond donors (Lipinski definition) is 1. The fourth-order valence-electron chi connectivity index (χ4n) is 2.35. The highest BCUT2D eigenvalue weighted by molar-refractivity contribution is 5.97. The molecule has 3 amide bonds. The Morgan fingerprint density at radius 1 is 1.13 bits per heavy atom. The Bertz CT molecular complexity index is 551. The molecule has 0 atom stereocenters. The van der Waals surface area contributed by atoms with Gasteiger partial charge in [-0.2, -0.15) is 0 Å². The van der Waals surface area contributed by atoms with Gasteiger partial charge in [-0.1, -0.05) is 0 Å². The van der Waals surface area contributed by atoms with Gasteiger partial charge in [0, 0.05) is 51.0 Å². The highest BCUT2D eigenvalue weighted by Crippen LogP contribution is 2.10. The van der Waals surface area contributed by atoms with E-state index in [9.17, 15) is 14.4 Å². The first-order valence-electron chi connectivity index (χ1n) is 7.51. The second-order valence-corrected chi connectivity index (χ2v) is 5.26. The van der Waals surface area contributed by atoms with Crippen LogP contribution in [0.4, 0.5) is 0 Å². The number of amides is 3. The summed E-state index contributed by atoms with van der Waals surface area (Å²) in [4.78, 5) is 38.3. The van der Waals surface area contributed by atoms with Gasteiger partial charge in [0.1, 0.15) is 0 Å². The van der Waals surface area contributed by atoms with Crippen molar-refractivity contribution in [2.24, 2.45) is 0 Å². The average molecular weight is 319 g/mol. The van der Waals surface area contributed by atoms with Crippen molar-refractivity contribution in [3.05, 3.63) is 35.4 Å². The Morgan fingerprint density at radius 3 is 2.30 bits per heavy atom. The molecule has 1 N–H and O–H groups in total. The predicted molar refractivity (Wildman–Crippen MR) is 84.2 cm³/mol. The van der Waals surface area contributed by atoms with Crippen molar-refractivity contribution < 1.29 is 19.1 Å². The zero-order valence-electron chi connectivity index (χ0n) is 13.2. The van der Waals surface area contributed by atoms with Crippen LogP contribution in [-0.4, -0.2) is 74.5 Å². The minimum Gasteiger partial charge on any atom is -0.383 e. The Kier molecular flexibility index (Phi) is 6.10. The zero-order valence-corrected chi connectivity index (χ0v) is 13.2. The molecule has 7 heteroatoms. The molecule has 1 aromatic carbocycles. The lowest BCUT2D eigenvalue weighted by Gasteiger charge is -2.32. The molecule has 1 aliphatic heterocycles. The Balaban J connectivity index is 1.92. The van der Waals surface area contributed by atoms with Crippen LogP contribution >= 0.6 is 0 Å². The van der Waals surface area contributed by atoms with E-state index in [1.54, 1.807) is 41.2 Å². The van der Waals surface area contributed by atoms with Crippen LogP contribution in [0.1, 0.15) is 20.7 Å². The maximum Gasteiger partial charge on any atom is 0.253 e. The largest absolute Gasteiger partial charge is 0.383 e. The van der Waals surface area contributed by atoms with Crippen LogP contribution in [-0.2, 0) is 9.53 Å². The van der Waals surface area contributed by atoms with E-state index >= 15 is 0 Å². The number of piperazine rings is 1. The first kappa shape index (κ1) is 17.0. The van der Waals surface area contributed by atoms with Gasteiger partial charge in [-0.25, -0.2) is 0 Å². The molecule has 0 spiro atoms. The first-order valence-corrected chi connectivity index (χ1v) is 7.51. The van der Waals surface area contributed by atoms with Crippen LogP contribution in [0.15, 0.2) is 24.3 Å². The fraction of sp³-hybridized carbons (Fsp3) is 0.438. The van der Waals surface area contributed by atoms with E-state index in [-0.39, 0.29) is 11.8 Å². The van der Waals surface area contributed by atoms with Gasteiger partial charge >= 0.3 is 0 Å². The number of hydrogen-bond acceptors (Lipinski definition) is 4. The number of nitrogens with one attached hydrogen (secondary N) is 1. The lowest BCUT2D eigenvalue weighted by atomic mass is 10.1. The Labute approximate surface area is 135 Å². The maximum absolute atomic E-state index is 12.4. The van der Waals surface area contributed by atoms with Crippen molar-refractivity contribution in [3.8, 4) is 0 Å². The van der Waals surface area contributed by atoms with E-state index in [0.717, 1.165) is 6.41 Å². The molecule has 124 valence electrons. The molecule has 1 saturated heterocycles.